The van der Waals surface area contributed by atoms with E-state index in [2.05, 4.69) is 10.6 Å². The number of ether oxygens (including phenoxy) is 1. The van der Waals surface area contributed by atoms with Crippen LogP contribution < -0.4 is 10.6 Å². The number of ketones is 1. The van der Waals surface area contributed by atoms with Gasteiger partial charge in [0.05, 0.1) is 19.5 Å². The van der Waals surface area contributed by atoms with E-state index in [9.17, 15) is 18.8 Å². The van der Waals surface area contributed by atoms with Crippen LogP contribution in [-0.2, 0) is 27.4 Å². The van der Waals surface area contributed by atoms with Gasteiger partial charge in [0.2, 0.25) is 5.91 Å². The fraction of sp³-hybridized carbons (Fsp3) is 0.211. The lowest BCUT2D eigenvalue weighted by Crippen LogP contribution is -2.37. The monoisotopic (exact) mass is 358 g/mol. The third kappa shape index (κ3) is 7.12. The molecule has 0 aliphatic heterocycles. The summed E-state index contributed by atoms with van der Waals surface area (Å²) in [5.74, 6) is -1.11. The lowest BCUT2D eigenvalue weighted by Gasteiger charge is -2.08. The summed E-state index contributed by atoms with van der Waals surface area (Å²) in [6.07, 6.45) is -0.667. The van der Waals surface area contributed by atoms with Crippen molar-refractivity contribution in [3.63, 3.8) is 0 Å². The lowest BCUT2D eigenvalue weighted by molar-refractivity contribution is -0.124. The van der Waals surface area contributed by atoms with Gasteiger partial charge in [0, 0.05) is 0 Å². The first kappa shape index (κ1) is 19.1. The van der Waals surface area contributed by atoms with E-state index in [1.54, 1.807) is 0 Å². The predicted octanol–water partition coefficient (Wildman–Crippen LogP) is 1.98. The van der Waals surface area contributed by atoms with Crippen molar-refractivity contribution in [2.45, 2.75) is 13.0 Å². The quantitative estimate of drug-likeness (QED) is 0.756. The van der Waals surface area contributed by atoms with Crippen molar-refractivity contribution < 1.29 is 23.5 Å². The van der Waals surface area contributed by atoms with Crippen LogP contribution in [0.15, 0.2) is 54.6 Å². The molecule has 0 aliphatic rings. The molecule has 0 heterocycles. The molecule has 0 unspecified atom stereocenters. The van der Waals surface area contributed by atoms with Crippen LogP contribution in [0.5, 0.6) is 0 Å². The van der Waals surface area contributed by atoms with E-state index in [-0.39, 0.29) is 43.6 Å². The Morgan fingerprint density at radius 2 is 1.50 bits per heavy atom. The van der Waals surface area contributed by atoms with Gasteiger partial charge in [-0.3, -0.25) is 9.59 Å². The number of amides is 2. The molecule has 2 amide bonds. The molecule has 0 aromatic heterocycles. The summed E-state index contributed by atoms with van der Waals surface area (Å²) < 4.78 is 17.8. The summed E-state index contributed by atoms with van der Waals surface area (Å²) in [5, 5.41) is 4.78. The molecule has 6 nitrogen and oxygen atoms in total. The Balaban J connectivity index is 1.61. The van der Waals surface area contributed by atoms with Crippen LogP contribution in [0.25, 0.3) is 0 Å². The van der Waals surface area contributed by atoms with Gasteiger partial charge in [0.1, 0.15) is 12.4 Å². The minimum atomic E-state index is -0.708. The molecule has 2 aromatic carbocycles. The van der Waals surface area contributed by atoms with Crippen molar-refractivity contribution >= 4 is 17.8 Å². The number of hydrogen-bond donors (Lipinski definition) is 2. The first-order chi connectivity index (χ1) is 12.5. The highest BCUT2D eigenvalue weighted by Crippen LogP contribution is 2.03. The molecule has 26 heavy (non-hydrogen) atoms. The molecule has 2 N–H and O–H groups in total. The maximum absolute atomic E-state index is 12.8. The van der Waals surface area contributed by atoms with Crippen molar-refractivity contribution in [3.8, 4) is 0 Å². The van der Waals surface area contributed by atoms with Crippen LogP contribution in [0.1, 0.15) is 11.1 Å². The molecule has 0 radical (unpaired) electrons. The summed E-state index contributed by atoms with van der Waals surface area (Å²) >= 11 is 0. The lowest BCUT2D eigenvalue weighted by atomic mass is 10.1. The highest BCUT2D eigenvalue weighted by atomic mass is 19.1. The Morgan fingerprint density at radius 1 is 0.846 bits per heavy atom. The molecule has 7 heteroatoms. The minimum absolute atomic E-state index is 0.0418. The molecule has 0 saturated carbocycles. The van der Waals surface area contributed by atoms with Crippen molar-refractivity contribution in [2.75, 3.05) is 13.1 Å². The van der Waals surface area contributed by atoms with E-state index in [1.165, 1.54) is 24.3 Å². The maximum Gasteiger partial charge on any atom is 0.407 e. The van der Waals surface area contributed by atoms with Gasteiger partial charge in [0.15, 0.2) is 5.78 Å². The molecular weight excluding hydrogens is 339 g/mol. The van der Waals surface area contributed by atoms with Gasteiger partial charge in [-0.25, -0.2) is 9.18 Å². The first-order valence-electron chi connectivity index (χ1n) is 8.00. The van der Waals surface area contributed by atoms with Crippen LogP contribution in [0.2, 0.25) is 0 Å². The summed E-state index contributed by atoms with van der Waals surface area (Å²) in [7, 11) is 0. The van der Waals surface area contributed by atoms with E-state index in [1.807, 2.05) is 30.3 Å². The molecule has 0 aliphatic carbocycles. The molecule has 0 fully saturated rings. The number of alkyl carbamates (subject to hydrolysis) is 1. The SMILES string of the molecule is O=C(CNC(=O)Cc1ccc(F)cc1)CNC(=O)OCc1ccccc1. The fourth-order valence-corrected chi connectivity index (χ4v) is 2.05. The molecule has 2 aromatic rings. The van der Waals surface area contributed by atoms with Gasteiger partial charge in [0.25, 0.3) is 0 Å². The number of halogens is 1. The van der Waals surface area contributed by atoms with Crippen LogP contribution >= 0.6 is 0 Å². The van der Waals surface area contributed by atoms with E-state index in [4.69, 9.17) is 4.74 Å². The molecular formula is C19H19FN2O4. The Kier molecular flexibility index (Phi) is 7.30. The zero-order valence-corrected chi connectivity index (χ0v) is 14.0. The second-order valence-corrected chi connectivity index (χ2v) is 5.53. The van der Waals surface area contributed by atoms with E-state index in [0.29, 0.717) is 5.56 Å². The minimum Gasteiger partial charge on any atom is -0.445 e. The maximum atomic E-state index is 12.8. The summed E-state index contributed by atoms with van der Waals surface area (Å²) in [5.41, 5.74) is 1.47. The van der Waals surface area contributed by atoms with E-state index in [0.717, 1.165) is 5.56 Å². The molecule has 136 valence electrons. The van der Waals surface area contributed by atoms with E-state index < -0.39 is 6.09 Å². The number of benzene rings is 2. The van der Waals surface area contributed by atoms with Crippen molar-refractivity contribution in [3.05, 3.63) is 71.5 Å². The largest absolute Gasteiger partial charge is 0.445 e. The van der Waals surface area contributed by atoms with Crippen LogP contribution in [0.3, 0.4) is 0 Å². The van der Waals surface area contributed by atoms with Crippen LogP contribution in [0.4, 0.5) is 9.18 Å². The Labute approximate surface area is 150 Å². The normalized spacial score (nSPS) is 10.0. The van der Waals surface area contributed by atoms with Gasteiger partial charge in [-0.1, -0.05) is 42.5 Å². The van der Waals surface area contributed by atoms with Gasteiger partial charge in [-0.05, 0) is 23.3 Å². The van der Waals surface area contributed by atoms with Crippen LogP contribution in [-0.4, -0.2) is 30.9 Å². The third-order valence-corrected chi connectivity index (χ3v) is 3.40. The highest BCUT2D eigenvalue weighted by molar-refractivity contribution is 5.89. The highest BCUT2D eigenvalue weighted by Gasteiger charge is 2.09. The standard InChI is InChI=1S/C19H19FN2O4/c20-16-8-6-14(7-9-16)10-18(24)21-11-17(23)12-22-19(25)26-13-15-4-2-1-3-5-15/h1-9H,10-13H2,(H,21,24)(H,22,25). The van der Waals surface area contributed by atoms with Crippen molar-refractivity contribution in [1.82, 2.24) is 10.6 Å². The van der Waals surface area contributed by atoms with Crippen LogP contribution in [0, 0.1) is 5.82 Å². The summed E-state index contributed by atoms with van der Waals surface area (Å²) in [6, 6.07) is 14.7. The molecule has 0 bridgehead atoms. The Hall–Kier alpha value is -3.22. The number of carbonyl (C=O) groups is 3. The Morgan fingerprint density at radius 3 is 2.19 bits per heavy atom. The number of nitrogens with one attached hydrogen (secondary N) is 2. The van der Waals surface area contributed by atoms with Crippen molar-refractivity contribution in [1.29, 1.82) is 0 Å². The molecule has 0 saturated heterocycles. The summed E-state index contributed by atoms with van der Waals surface area (Å²) in [6.45, 7) is -0.348. The fourth-order valence-electron chi connectivity index (χ4n) is 2.05. The average molecular weight is 358 g/mol. The zero-order chi connectivity index (χ0) is 18.8. The zero-order valence-electron chi connectivity index (χ0n) is 14.0. The predicted molar refractivity (Wildman–Crippen MR) is 92.8 cm³/mol. The second-order valence-electron chi connectivity index (χ2n) is 5.53. The van der Waals surface area contributed by atoms with Gasteiger partial charge >= 0.3 is 6.09 Å². The van der Waals surface area contributed by atoms with Crippen molar-refractivity contribution in [2.24, 2.45) is 0 Å². The molecule has 0 atom stereocenters. The number of hydrogen-bond acceptors (Lipinski definition) is 4. The summed E-state index contributed by atoms with van der Waals surface area (Å²) in [4.78, 5) is 34.9. The number of carbonyl (C=O) groups excluding carboxylic acids is 3. The third-order valence-electron chi connectivity index (χ3n) is 3.40. The first-order valence-corrected chi connectivity index (χ1v) is 8.00. The van der Waals surface area contributed by atoms with E-state index >= 15 is 0 Å². The topological polar surface area (TPSA) is 84.5 Å². The smallest absolute Gasteiger partial charge is 0.407 e. The Bertz CT molecular complexity index is 748. The van der Waals surface area contributed by atoms with Gasteiger partial charge in [-0.15, -0.1) is 0 Å². The number of rotatable bonds is 8. The molecule has 0 spiro atoms. The molecule has 2 rings (SSSR count). The second kappa shape index (κ2) is 9.93. The average Bonchev–Trinajstić information content (AvgIpc) is 2.65. The van der Waals surface area contributed by atoms with Gasteiger partial charge in [-0.2, -0.15) is 0 Å². The number of Topliss-reactive ketones (excluding diaryl/α,β-unsaturated/α-hetero) is 1. The van der Waals surface area contributed by atoms with Gasteiger partial charge < -0.3 is 15.4 Å².